The monoisotopic (exact) mass is 448 g/mol. The van der Waals surface area contributed by atoms with Crippen LogP contribution in [0.2, 0.25) is 10.0 Å². The summed E-state index contributed by atoms with van der Waals surface area (Å²) in [6.45, 7) is 2.19. The molecule has 3 unspecified atom stereocenters. The molecular weight excluding hydrogens is 432 g/mol. The third kappa shape index (κ3) is 4.87. The molecule has 1 N–H and O–H groups in total. The van der Waals surface area contributed by atoms with Crippen LogP contribution in [0.15, 0.2) is 36.5 Å². The lowest BCUT2D eigenvalue weighted by atomic mass is 9.86. The van der Waals surface area contributed by atoms with E-state index in [4.69, 9.17) is 27.9 Å². The first-order chi connectivity index (χ1) is 13.6. The van der Waals surface area contributed by atoms with Crippen LogP contribution in [0, 0.1) is 5.92 Å². The molecule has 29 heavy (non-hydrogen) atoms. The summed E-state index contributed by atoms with van der Waals surface area (Å²) in [5.41, 5.74) is -0.0620. The minimum atomic E-state index is -4.48. The Labute approximate surface area is 175 Å². The van der Waals surface area contributed by atoms with Crippen LogP contribution in [-0.4, -0.2) is 40.3 Å². The molecule has 1 aromatic carbocycles. The highest BCUT2D eigenvalue weighted by atomic mass is 35.5. The second kappa shape index (κ2) is 8.28. The molecule has 0 spiro atoms. The van der Waals surface area contributed by atoms with Gasteiger partial charge in [-0.05, 0) is 30.7 Å². The van der Waals surface area contributed by atoms with E-state index in [9.17, 15) is 23.1 Å². The van der Waals surface area contributed by atoms with Crippen molar-refractivity contribution in [3.05, 3.63) is 57.7 Å². The molecular formula is C19H17Cl2F3N2O3. The normalized spacial score (nSPS) is 20.6. The van der Waals surface area contributed by atoms with Gasteiger partial charge in [-0.15, -0.1) is 0 Å². The van der Waals surface area contributed by atoms with Gasteiger partial charge in [0.25, 0.3) is 0 Å². The zero-order valence-corrected chi connectivity index (χ0v) is 16.7. The summed E-state index contributed by atoms with van der Waals surface area (Å²) in [5.74, 6) is -0.440. The Bertz CT molecular complexity index is 893. The van der Waals surface area contributed by atoms with Gasteiger partial charge in [0.05, 0.1) is 15.6 Å². The fourth-order valence-electron chi connectivity index (χ4n) is 3.45. The fourth-order valence-corrected chi connectivity index (χ4v) is 3.76. The van der Waals surface area contributed by atoms with Crippen molar-refractivity contribution in [2.75, 3.05) is 13.1 Å². The summed E-state index contributed by atoms with van der Waals surface area (Å²) < 4.78 is 43.8. The summed E-state index contributed by atoms with van der Waals surface area (Å²) in [4.78, 5) is 16.5. The first-order valence-corrected chi connectivity index (χ1v) is 9.44. The number of aromatic nitrogens is 1. The molecule has 0 aliphatic carbocycles. The summed E-state index contributed by atoms with van der Waals surface area (Å²) >= 11 is 12.1. The third-order valence-electron chi connectivity index (χ3n) is 4.98. The molecule has 3 rings (SSSR count). The minimum absolute atomic E-state index is 0.0344. The van der Waals surface area contributed by atoms with E-state index in [0.29, 0.717) is 16.2 Å². The third-order valence-corrected chi connectivity index (χ3v) is 5.72. The molecule has 2 aromatic rings. The number of pyridine rings is 1. The highest BCUT2D eigenvalue weighted by molar-refractivity contribution is 6.42. The first-order valence-electron chi connectivity index (χ1n) is 8.69. The smallest absolute Gasteiger partial charge is 0.417 e. The summed E-state index contributed by atoms with van der Waals surface area (Å²) in [6.07, 6.45) is -5.35. The van der Waals surface area contributed by atoms with E-state index < -0.39 is 23.9 Å². The van der Waals surface area contributed by atoms with Gasteiger partial charge >= 0.3 is 12.3 Å². The summed E-state index contributed by atoms with van der Waals surface area (Å²) in [7, 11) is 0. The lowest BCUT2D eigenvalue weighted by Crippen LogP contribution is -2.31. The van der Waals surface area contributed by atoms with E-state index in [1.807, 2.05) is 0 Å². The van der Waals surface area contributed by atoms with Gasteiger partial charge in [-0.25, -0.2) is 9.78 Å². The largest absolute Gasteiger partial charge is 0.474 e. The topological polar surface area (TPSA) is 62.7 Å². The second-order valence-electron chi connectivity index (χ2n) is 6.84. The number of halogens is 5. The minimum Gasteiger partial charge on any atom is -0.474 e. The number of carboxylic acid groups (broad SMARTS) is 1. The van der Waals surface area contributed by atoms with Gasteiger partial charge in [-0.2, -0.15) is 13.2 Å². The number of nitrogens with zero attached hydrogens (tertiary/aromatic N) is 2. The Balaban J connectivity index is 1.81. The predicted octanol–water partition coefficient (Wildman–Crippen LogP) is 5.57. The first kappa shape index (κ1) is 21.5. The Kier molecular flexibility index (Phi) is 6.14. The van der Waals surface area contributed by atoms with Crippen LogP contribution in [0.5, 0.6) is 5.88 Å². The highest BCUT2D eigenvalue weighted by Crippen LogP contribution is 2.38. The van der Waals surface area contributed by atoms with Crippen molar-refractivity contribution in [2.45, 2.75) is 25.1 Å². The lowest BCUT2D eigenvalue weighted by Gasteiger charge is -2.25. The van der Waals surface area contributed by atoms with Gasteiger partial charge in [0.1, 0.15) is 6.10 Å². The Morgan fingerprint density at radius 2 is 1.97 bits per heavy atom. The van der Waals surface area contributed by atoms with Crippen LogP contribution in [0.25, 0.3) is 0 Å². The lowest BCUT2D eigenvalue weighted by molar-refractivity contribution is -0.137. The number of alkyl halides is 3. The Morgan fingerprint density at radius 3 is 2.52 bits per heavy atom. The van der Waals surface area contributed by atoms with Crippen molar-refractivity contribution in [3.63, 3.8) is 0 Å². The fraction of sp³-hybridized carbons (Fsp3) is 0.368. The molecule has 1 aliphatic rings. The van der Waals surface area contributed by atoms with Crippen molar-refractivity contribution in [1.29, 1.82) is 0 Å². The number of ether oxygens (including phenoxy) is 1. The molecule has 156 valence electrons. The van der Waals surface area contributed by atoms with Crippen LogP contribution >= 0.6 is 23.2 Å². The van der Waals surface area contributed by atoms with Crippen molar-refractivity contribution >= 4 is 29.3 Å². The molecule has 0 bridgehead atoms. The number of benzene rings is 1. The van der Waals surface area contributed by atoms with Gasteiger partial charge in [0, 0.05) is 37.2 Å². The van der Waals surface area contributed by atoms with Crippen LogP contribution in [-0.2, 0) is 6.18 Å². The van der Waals surface area contributed by atoms with Crippen LogP contribution in [0.3, 0.4) is 0 Å². The molecule has 1 aliphatic heterocycles. The van der Waals surface area contributed by atoms with Crippen molar-refractivity contribution in [2.24, 2.45) is 5.92 Å². The van der Waals surface area contributed by atoms with Gasteiger partial charge in [-0.1, -0.05) is 29.3 Å². The Morgan fingerprint density at radius 1 is 1.24 bits per heavy atom. The van der Waals surface area contributed by atoms with E-state index in [1.165, 1.54) is 4.90 Å². The number of rotatable bonds is 4. The number of hydrogen-bond donors (Lipinski definition) is 1. The van der Waals surface area contributed by atoms with Gasteiger partial charge in [-0.3, -0.25) is 0 Å². The van der Waals surface area contributed by atoms with Crippen molar-refractivity contribution < 1.29 is 27.8 Å². The van der Waals surface area contributed by atoms with Crippen molar-refractivity contribution in [1.82, 2.24) is 9.88 Å². The van der Waals surface area contributed by atoms with Crippen LogP contribution in [0.1, 0.15) is 24.0 Å². The second-order valence-corrected chi connectivity index (χ2v) is 7.65. The predicted molar refractivity (Wildman–Crippen MR) is 102 cm³/mol. The molecule has 0 saturated carbocycles. The molecule has 1 amide bonds. The van der Waals surface area contributed by atoms with E-state index >= 15 is 0 Å². The van der Waals surface area contributed by atoms with E-state index in [0.717, 1.165) is 17.7 Å². The highest BCUT2D eigenvalue weighted by Gasteiger charge is 2.40. The summed E-state index contributed by atoms with van der Waals surface area (Å²) in [6, 6.07) is 7.15. The molecule has 1 aromatic heterocycles. The summed E-state index contributed by atoms with van der Waals surface area (Å²) in [5, 5.41) is 10.1. The Hall–Kier alpha value is -2.19. The number of carbonyl (C=O) groups is 1. The maximum Gasteiger partial charge on any atom is 0.417 e. The molecule has 1 saturated heterocycles. The van der Waals surface area contributed by atoms with Gasteiger partial charge in [0.2, 0.25) is 5.88 Å². The molecule has 5 nitrogen and oxygen atoms in total. The molecule has 0 radical (unpaired) electrons. The standard InChI is InChI=1S/C19H17Cl2F3N2O3/c1-10(29-17-5-3-12(7-25-17)19(22,23)24)13-8-26(18(27)28)9-14(13)11-2-4-15(20)16(21)6-11/h2-7,10,13-14H,8-9H2,1H3,(H,27,28). The molecule has 1 fully saturated rings. The molecule has 3 atom stereocenters. The SMILES string of the molecule is CC(Oc1ccc(C(F)(F)F)cn1)C1CN(C(=O)O)CC1c1ccc(Cl)c(Cl)c1. The quantitative estimate of drug-likeness (QED) is 0.663. The van der Waals surface area contributed by atoms with Gasteiger partial charge < -0.3 is 14.7 Å². The maximum atomic E-state index is 12.7. The average molecular weight is 449 g/mol. The molecule has 10 heteroatoms. The maximum absolute atomic E-state index is 12.7. The van der Waals surface area contributed by atoms with Crippen LogP contribution in [0.4, 0.5) is 18.0 Å². The number of amides is 1. The van der Waals surface area contributed by atoms with Crippen molar-refractivity contribution in [3.8, 4) is 5.88 Å². The zero-order valence-electron chi connectivity index (χ0n) is 15.2. The van der Waals surface area contributed by atoms with E-state index in [2.05, 4.69) is 4.98 Å². The molecule has 2 heterocycles. The van der Waals surface area contributed by atoms with Gasteiger partial charge in [0.15, 0.2) is 0 Å². The zero-order chi connectivity index (χ0) is 21.3. The number of hydrogen-bond acceptors (Lipinski definition) is 3. The van der Waals surface area contributed by atoms with E-state index in [-0.39, 0.29) is 30.8 Å². The van der Waals surface area contributed by atoms with E-state index in [1.54, 1.807) is 25.1 Å². The average Bonchev–Trinajstić information content (AvgIpc) is 3.09. The number of likely N-dealkylation sites (tertiary alicyclic amines) is 1. The van der Waals surface area contributed by atoms with Crippen LogP contribution < -0.4 is 4.74 Å².